The maximum atomic E-state index is 11.6. The number of nitro groups is 1. The van der Waals surface area contributed by atoms with Crippen LogP contribution in [0, 0.1) is 10.1 Å². The van der Waals surface area contributed by atoms with Crippen LogP contribution in [0.1, 0.15) is 12.5 Å². The third-order valence-corrected chi connectivity index (χ3v) is 2.97. The van der Waals surface area contributed by atoms with Gasteiger partial charge in [-0.1, -0.05) is 0 Å². The molecule has 1 amide bonds. The highest BCUT2D eigenvalue weighted by Crippen LogP contribution is 2.25. The zero-order chi connectivity index (χ0) is 17.4. The highest BCUT2D eigenvalue weighted by Gasteiger charge is 2.23. The van der Waals surface area contributed by atoms with E-state index in [-0.39, 0.29) is 18.7 Å². The van der Waals surface area contributed by atoms with E-state index in [4.69, 9.17) is 9.47 Å². The van der Waals surface area contributed by atoms with Crippen molar-refractivity contribution in [1.29, 1.82) is 0 Å². The maximum Gasteiger partial charge on any atom is 0.326 e. The van der Waals surface area contributed by atoms with Crippen LogP contribution in [0.25, 0.3) is 0 Å². The number of nitrogens with zero attached hydrogens (tertiary/aromatic N) is 1. The number of aliphatic carboxylic acids is 1. The molecule has 0 spiro atoms. The molecule has 1 atom stereocenters. The first-order chi connectivity index (χ1) is 10.9. The summed E-state index contributed by atoms with van der Waals surface area (Å²) >= 11 is 0. The number of carboxylic acids is 1. The molecule has 9 heteroatoms. The van der Waals surface area contributed by atoms with Crippen LogP contribution < -0.4 is 10.1 Å². The first kappa shape index (κ1) is 18.4. The van der Waals surface area contributed by atoms with Crippen LogP contribution in [0.4, 0.5) is 5.69 Å². The average Bonchev–Trinajstić information content (AvgIpc) is 2.51. The van der Waals surface area contributed by atoms with Gasteiger partial charge in [0.1, 0.15) is 18.4 Å². The Kier molecular flexibility index (Phi) is 6.94. The number of hydrogen-bond donors (Lipinski definition) is 2. The number of rotatable bonds is 9. The zero-order valence-corrected chi connectivity index (χ0v) is 12.8. The number of hydrogen-bond acceptors (Lipinski definition) is 6. The van der Waals surface area contributed by atoms with Crippen LogP contribution in [0.5, 0.6) is 5.75 Å². The Labute approximate surface area is 132 Å². The SMILES string of the molecule is CCOCC(=O)N[C@@H](Cc1cc([N+](=O)[O-])ccc1OC)C(=O)O. The van der Waals surface area contributed by atoms with Gasteiger partial charge >= 0.3 is 5.97 Å². The smallest absolute Gasteiger partial charge is 0.326 e. The quantitative estimate of drug-likeness (QED) is 0.506. The first-order valence-corrected chi connectivity index (χ1v) is 6.80. The second kappa shape index (κ2) is 8.69. The normalized spacial score (nSPS) is 11.6. The lowest BCUT2D eigenvalue weighted by atomic mass is 10.0. The molecule has 1 aromatic carbocycles. The van der Waals surface area contributed by atoms with Crippen molar-refractivity contribution >= 4 is 17.6 Å². The molecule has 126 valence electrons. The number of benzene rings is 1. The molecule has 1 rings (SSSR count). The van der Waals surface area contributed by atoms with Gasteiger partial charge in [0, 0.05) is 30.7 Å². The average molecular weight is 326 g/mol. The molecule has 23 heavy (non-hydrogen) atoms. The molecule has 0 aliphatic carbocycles. The summed E-state index contributed by atoms with van der Waals surface area (Å²) < 4.78 is 9.98. The molecule has 0 unspecified atom stereocenters. The van der Waals surface area contributed by atoms with Crippen molar-refractivity contribution in [2.45, 2.75) is 19.4 Å². The summed E-state index contributed by atoms with van der Waals surface area (Å²) in [5.41, 5.74) is 0.122. The molecule has 0 saturated carbocycles. The van der Waals surface area contributed by atoms with Gasteiger partial charge < -0.3 is 19.9 Å². The lowest BCUT2D eigenvalue weighted by Crippen LogP contribution is -2.43. The largest absolute Gasteiger partial charge is 0.496 e. The standard InChI is InChI=1S/C14H18N2O7/c1-3-23-8-13(17)15-11(14(18)19)7-9-6-10(16(20)21)4-5-12(9)22-2/h4-6,11H,3,7-8H2,1-2H3,(H,15,17)(H,18,19)/t11-/m0/s1. The number of amides is 1. The molecule has 2 N–H and O–H groups in total. The number of carboxylic acid groups (broad SMARTS) is 1. The van der Waals surface area contributed by atoms with Crippen LogP contribution >= 0.6 is 0 Å². The first-order valence-electron chi connectivity index (χ1n) is 6.80. The number of methoxy groups -OCH3 is 1. The second-order valence-corrected chi connectivity index (χ2v) is 4.55. The van der Waals surface area contributed by atoms with E-state index in [2.05, 4.69) is 5.32 Å². The zero-order valence-electron chi connectivity index (χ0n) is 12.8. The minimum atomic E-state index is -1.26. The fourth-order valence-electron chi connectivity index (χ4n) is 1.89. The number of nitro benzene ring substituents is 1. The second-order valence-electron chi connectivity index (χ2n) is 4.55. The van der Waals surface area contributed by atoms with Gasteiger partial charge in [0.25, 0.3) is 5.69 Å². The Morgan fingerprint density at radius 1 is 1.43 bits per heavy atom. The van der Waals surface area contributed by atoms with E-state index in [9.17, 15) is 24.8 Å². The van der Waals surface area contributed by atoms with E-state index in [0.717, 1.165) is 0 Å². The molecule has 1 aromatic rings. The Balaban J connectivity index is 2.95. The summed E-state index contributed by atoms with van der Waals surface area (Å²) in [7, 11) is 1.37. The Bertz CT molecular complexity index is 588. The third-order valence-electron chi connectivity index (χ3n) is 2.97. The van der Waals surface area contributed by atoms with Gasteiger partial charge in [-0.2, -0.15) is 0 Å². The predicted octanol–water partition coefficient (Wildman–Crippen LogP) is 0.752. The van der Waals surface area contributed by atoms with E-state index >= 15 is 0 Å². The van der Waals surface area contributed by atoms with Crippen molar-refractivity contribution in [3.05, 3.63) is 33.9 Å². The summed E-state index contributed by atoms with van der Waals surface area (Å²) in [6, 6.07) is 2.61. The van der Waals surface area contributed by atoms with Crippen molar-refractivity contribution < 1.29 is 29.1 Å². The van der Waals surface area contributed by atoms with Gasteiger partial charge in [0.2, 0.25) is 5.91 Å². The highest BCUT2D eigenvalue weighted by atomic mass is 16.6. The number of carbonyl (C=O) groups excluding carboxylic acids is 1. The van der Waals surface area contributed by atoms with Gasteiger partial charge in [-0.05, 0) is 13.0 Å². The summed E-state index contributed by atoms with van der Waals surface area (Å²) in [6.07, 6.45) is -0.155. The van der Waals surface area contributed by atoms with Crippen molar-refractivity contribution in [2.75, 3.05) is 20.3 Å². The van der Waals surface area contributed by atoms with E-state index in [1.807, 2.05) is 0 Å². The van der Waals surface area contributed by atoms with Crippen molar-refractivity contribution in [2.24, 2.45) is 0 Å². The molecule has 0 aliphatic heterocycles. The molecule has 0 saturated heterocycles. The number of ether oxygens (including phenoxy) is 2. The van der Waals surface area contributed by atoms with Crippen molar-refractivity contribution in [1.82, 2.24) is 5.32 Å². The fourth-order valence-corrected chi connectivity index (χ4v) is 1.89. The molecular weight excluding hydrogens is 308 g/mol. The van der Waals surface area contributed by atoms with Crippen LogP contribution in [0.3, 0.4) is 0 Å². The molecule has 0 heterocycles. The minimum absolute atomic E-state index is 0.155. The lowest BCUT2D eigenvalue weighted by molar-refractivity contribution is -0.384. The molecule has 0 radical (unpaired) electrons. The van der Waals surface area contributed by atoms with E-state index in [1.54, 1.807) is 6.92 Å². The number of carbonyl (C=O) groups is 2. The van der Waals surface area contributed by atoms with Crippen molar-refractivity contribution in [3.63, 3.8) is 0 Å². The van der Waals surface area contributed by atoms with Crippen LogP contribution in [-0.4, -0.2) is 48.3 Å². The summed E-state index contributed by atoms with van der Waals surface area (Å²) in [5.74, 6) is -1.53. The van der Waals surface area contributed by atoms with E-state index in [0.29, 0.717) is 17.9 Å². The fraction of sp³-hybridized carbons (Fsp3) is 0.429. The Hall–Kier alpha value is -2.68. The van der Waals surface area contributed by atoms with Gasteiger partial charge in [0.05, 0.1) is 12.0 Å². The van der Waals surface area contributed by atoms with Gasteiger partial charge in [0.15, 0.2) is 0 Å². The summed E-state index contributed by atoms with van der Waals surface area (Å²) in [5, 5.41) is 22.4. The topological polar surface area (TPSA) is 128 Å². The Morgan fingerprint density at radius 3 is 2.65 bits per heavy atom. The van der Waals surface area contributed by atoms with Gasteiger partial charge in [-0.3, -0.25) is 14.9 Å². The van der Waals surface area contributed by atoms with Gasteiger partial charge in [-0.15, -0.1) is 0 Å². The van der Waals surface area contributed by atoms with Gasteiger partial charge in [-0.25, -0.2) is 4.79 Å². The van der Waals surface area contributed by atoms with Crippen LogP contribution in [0.15, 0.2) is 18.2 Å². The molecular formula is C14H18N2O7. The van der Waals surface area contributed by atoms with E-state index in [1.165, 1.54) is 25.3 Å². The summed E-state index contributed by atoms with van der Waals surface area (Å²) in [6.45, 7) is 1.77. The van der Waals surface area contributed by atoms with Crippen LogP contribution in [0.2, 0.25) is 0 Å². The van der Waals surface area contributed by atoms with Crippen molar-refractivity contribution in [3.8, 4) is 5.75 Å². The highest BCUT2D eigenvalue weighted by molar-refractivity contribution is 5.84. The lowest BCUT2D eigenvalue weighted by Gasteiger charge is -2.16. The molecule has 0 aromatic heterocycles. The minimum Gasteiger partial charge on any atom is -0.496 e. The number of nitrogens with one attached hydrogen (secondary N) is 1. The molecule has 0 aliphatic rings. The maximum absolute atomic E-state index is 11.6. The third kappa shape index (κ3) is 5.55. The molecule has 9 nitrogen and oxygen atoms in total. The molecule has 0 bridgehead atoms. The Morgan fingerprint density at radius 2 is 2.13 bits per heavy atom. The molecule has 0 fully saturated rings. The van der Waals surface area contributed by atoms with Crippen LogP contribution in [-0.2, 0) is 20.7 Å². The van der Waals surface area contributed by atoms with E-state index < -0.39 is 22.8 Å². The predicted molar refractivity (Wildman–Crippen MR) is 79.4 cm³/mol. The monoisotopic (exact) mass is 326 g/mol. The number of non-ortho nitro benzene ring substituents is 1. The summed E-state index contributed by atoms with van der Waals surface area (Å²) in [4.78, 5) is 33.1.